The number of nitrogen functional groups attached to an aromatic ring is 1. The molecule has 0 fully saturated rings. The molecule has 80 valence electrons. The number of nitrogens with two attached hydrogens (primary N) is 1. The SMILES string of the molecule is CC(C)CN(C)Cc1nnsc1NN. The Morgan fingerprint density at radius 2 is 2.29 bits per heavy atom. The van der Waals surface area contributed by atoms with E-state index in [2.05, 4.69) is 40.8 Å². The van der Waals surface area contributed by atoms with Crippen LogP contribution in [0.25, 0.3) is 0 Å². The normalized spacial score (nSPS) is 11.3. The van der Waals surface area contributed by atoms with Crippen molar-refractivity contribution in [3.8, 4) is 0 Å². The summed E-state index contributed by atoms with van der Waals surface area (Å²) in [4.78, 5) is 2.21. The molecule has 0 aliphatic rings. The second-order valence-electron chi connectivity index (χ2n) is 3.78. The smallest absolute Gasteiger partial charge is 0.148 e. The van der Waals surface area contributed by atoms with E-state index >= 15 is 0 Å². The summed E-state index contributed by atoms with van der Waals surface area (Å²) in [5.74, 6) is 5.99. The summed E-state index contributed by atoms with van der Waals surface area (Å²) in [6, 6.07) is 0. The fraction of sp³-hybridized carbons (Fsp3) is 0.750. The third-order valence-electron chi connectivity index (χ3n) is 1.78. The molecule has 0 aliphatic carbocycles. The van der Waals surface area contributed by atoms with Gasteiger partial charge in [0.25, 0.3) is 0 Å². The molecule has 0 amide bonds. The Balaban J connectivity index is 2.51. The Hall–Kier alpha value is -0.720. The van der Waals surface area contributed by atoms with Gasteiger partial charge in [0.2, 0.25) is 0 Å². The summed E-state index contributed by atoms with van der Waals surface area (Å²) in [5.41, 5.74) is 3.52. The molecule has 6 heteroatoms. The van der Waals surface area contributed by atoms with Crippen LogP contribution in [-0.2, 0) is 6.54 Å². The summed E-state index contributed by atoms with van der Waals surface area (Å²) in [7, 11) is 2.07. The predicted octanol–water partition coefficient (Wildman–Crippen LogP) is 0.912. The monoisotopic (exact) mass is 215 g/mol. The fourth-order valence-corrected chi connectivity index (χ4v) is 1.85. The number of hydrazine groups is 1. The molecule has 5 nitrogen and oxygen atoms in total. The quantitative estimate of drug-likeness (QED) is 0.564. The molecule has 0 bridgehead atoms. The topological polar surface area (TPSA) is 67.1 Å². The lowest BCUT2D eigenvalue weighted by atomic mass is 10.2. The molecule has 3 N–H and O–H groups in total. The Morgan fingerprint density at radius 3 is 2.86 bits per heavy atom. The van der Waals surface area contributed by atoms with Crippen LogP contribution in [-0.4, -0.2) is 28.1 Å². The minimum Gasteiger partial charge on any atom is -0.313 e. The van der Waals surface area contributed by atoms with Crippen molar-refractivity contribution >= 4 is 16.5 Å². The van der Waals surface area contributed by atoms with Crippen LogP contribution in [0.3, 0.4) is 0 Å². The Bertz CT molecular complexity index is 272. The third-order valence-corrected chi connectivity index (χ3v) is 2.48. The highest BCUT2D eigenvalue weighted by Crippen LogP contribution is 2.17. The van der Waals surface area contributed by atoms with Gasteiger partial charge in [0, 0.05) is 24.6 Å². The third kappa shape index (κ3) is 3.21. The summed E-state index contributed by atoms with van der Waals surface area (Å²) in [6.45, 7) is 6.21. The molecule has 0 radical (unpaired) electrons. The molecule has 1 rings (SSSR count). The van der Waals surface area contributed by atoms with E-state index in [1.807, 2.05) is 0 Å². The Labute approximate surface area is 88.4 Å². The van der Waals surface area contributed by atoms with E-state index in [9.17, 15) is 0 Å². The first-order valence-corrected chi connectivity index (χ1v) is 5.37. The Kier molecular flexibility index (Phi) is 4.24. The van der Waals surface area contributed by atoms with Crippen molar-refractivity contribution in [2.24, 2.45) is 11.8 Å². The van der Waals surface area contributed by atoms with Gasteiger partial charge >= 0.3 is 0 Å². The molecule has 0 spiro atoms. The number of nitrogens with one attached hydrogen (secondary N) is 1. The molecule has 1 aromatic rings. The first-order valence-electron chi connectivity index (χ1n) is 4.60. The van der Waals surface area contributed by atoms with Crippen LogP contribution >= 0.6 is 11.5 Å². The van der Waals surface area contributed by atoms with Gasteiger partial charge in [-0.3, -0.25) is 0 Å². The Morgan fingerprint density at radius 1 is 1.57 bits per heavy atom. The van der Waals surface area contributed by atoms with Crippen LogP contribution < -0.4 is 11.3 Å². The summed E-state index contributed by atoms with van der Waals surface area (Å²) in [6.07, 6.45) is 0. The van der Waals surface area contributed by atoms with Gasteiger partial charge in [0.15, 0.2) is 0 Å². The van der Waals surface area contributed by atoms with Gasteiger partial charge in [-0.05, 0) is 13.0 Å². The zero-order valence-corrected chi connectivity index (χ0v) is 9.64. The standard InChI is InChI=1S/C8H17N5S/c1-6(2)4-13(3)5-7-8(10-9)14-12-11-7/h6,10H,4-5,9H2,1-3H3. The van der Waals surface area contributed by atoms with E-state index in [1.54, 1.807) is 0 Å². The molecule has 14 heavy (non-hydrogen) atoms. The maximum atomic E-state index is 5.33. The van der Waals surface area contributed by atoms with Gasteiger partial charge in [-0.2, -0.15) is 0 Å². The van der Waals surface area contributed by atoms with Crippen molar-refractivity contribution in [2.45, 2.75) is 20.4 Å². The van der Waals surface area contributed by atoms with Crippen molar-refractivity contribution in [3.63, 3.8) is 0 Å². The van der Waals surface area contributed by atoms with E-state index in [0.29, 0.717) is 5.92 Å². The van der Waals surface area contributed by atoms with Crippen LogP contribution in [0.15, 0.2) is 0 Å². The van der Waals surface area contributed by atoms with Crippen LogP contribution in [0.2, 0.25) is 0 Å². The molecule has 0 saturated heterocycles. The maximum Gasteiger partial charge on any atom is 0.148 e. The van der Waals surface area contributed by atoms with Crippen LogP contribution in [0.5, 0.6) is 0 Å². The molecular weight excluding hydrogens is 198 g/mol. The molecule has 1 heterocycles. The number of hydrogen-bond acceptors (Lipinski definition) is 6. The summed E-state index contributed by atoms with van der Waals surface area (Å²) < 4.78 is 3.85. The highest BCUT2D eigenvalue weighted by molar-refractivity contribution is 7.10. The van der Waals surface area contributed by atoms with E-state index in [4.69, 9.17) is 5.84 Å². The highest BCUT2D eigenvalue weighted by atomic mass is 32.1. The molecular formula is C8H17N5S. The van der Waals surface area contributed by atoms with E-state index < -0.39 is 0 Å². The van der Waals surface area contributed by atoms with E-state index in [0.717, 1.165) is 23.8 Å². The van der Waals surface area contributed by atoms with Crippen molar-refractivity contribution in [1.82, 2.24) is 14.5 Å². The number of aromatic nitrogens is 2. The second kappa shape index (κ2) is 5.23. The average Bonchev–Trinajstić information content (AvgIpc) is 2.50. The molecule has 0 saturated carbocycles. The van der Waals surface area contributed by atoms with Crippen molar-refractivity contribution in [3.05, 3.63) is 5.69 Å². The number of anilines is 1. The predicted molar refractivity (Wildman–Crippen MR) is 58.9 cm³/mol. The van der Waals surface area contributed by atoms with Crippen LogP contribution in [0.4, 0.5) is 5.00 Å². The maximum absolute atomic E-state index is 5.33. The summed E-state index contributed by atoms with van der Waals surface area (Å²) >= 11 is 1.29. The number of nitrogens with zero attached hydrogens (tertiary/aromatic N) is 3. The molecule has 1 aromatic heterocycles. The first kappa shape index (κ1) is 11.4. The molecule has 0 atom stereocenters. The van der Waals surface area contributed by atoms with Gasteiger partial charge < -0.3 is 10.3 Å². The van der Waals surface area contributed by atoms with Gasteiger partial charge in [0.05, 0.1) is 0 Å². The minimum absolute atomic E-state index is 0.654. The fourth-order valence-electron chi connectivity index (χ4n) is 1.37. The van der Waals surface area contributed by atoms with Gasteiger partial charge in [-0.1, -0.05) is 18.3 Å². The lowest BCUT2D eigenvalue weighted by Crippen LogP contribution is -2.23. The molecule has 0 aromatic carbocycles. The molecule has 0 unspecified atom stereocenters. The molecule has 0 aliphatic heterocycles. The van der Waals surface area contributed by atoms with Gasteiger partial charge in [-0.25, -0.2) is 5.84 Å². The second-order valence-corrected chi connectivity index (χ2v) is 4.54. The lowest BCUT2D eigenvalue weighted by Gasteiger charge is -2.17. The number of rotatable bonds is 5. The zero-order valence-electron chi connectivity index (χ0n) is 8.82. The first-order chi connectivity index (χ1) is 6.63. The van der Waals surface area contributed by atoms with Gasteiger partial charge in [-0.15, -0.1) is 5.10 Å². The van der Waals surface area contributed by atoms with Crippen molar-refractivity contribution < 1.29 is 0 Å². The zero-order chi connectivity index (χ0) is 10.6. The van der Waals surface area contributed by atoms with E-state index in [1.165, 1.54) is 11.5 Å². The van der Waals surface area contributed by atoms with E-state index in [-0.39, 0.29) is 0 Å². The van der Waals surface area contributed by atoms with Crippen LogP contribution in [0.1, 0.15) is 19.5 Å². The highest BCUT2D eigenvalue weighted by Gasteiger charge is 2.10. The van der Waals surface area contributed by atoms with Crippen molar-refractivity contribution in [1.29, 1.82) is 0 Å². The average molecular weight is 215 g/mol. The van der Waals surface area contributed by atoms with Gasteiger partial charge in [0.1, 0.15) is 10.7 Å². The minimum atomic E-state index is 0.654. The largest absolute Gasteiger partial charge is 0.313 e. The summed E-state index contributed by atoms with van der Waals surface area (Å²) in [5, 5.41) is 4.87. The number of hydrogen-bond donors (Lipinski definition) is 2. The van der Waals surface area contributed by atoms with Crippen molar-refractivity contribution in [2.75, 3.05) is 19.0 Å². The lowest BCUT2D eigenvalue weighted by molar-refractivity contribution is 0.285. The van der Waals surface area contributed by atoms with Crippen LogP contribution in [0, 0.1) is 5.92 Å².